The van der Waals surface area contributed by atoms with Crippen LogP contribution in [0.15, 0.2) is 60.7 Å². The second-order valence-electron chi connectivity index (χ2n) is 7.90. The third-order valence-electron chi connectivity index (χ3n) is 6.15. The average molecular weight is 417 g/mol. The fourth-order valence-electron chi connectivity index (χ4n) is 4.57. The van der Waals surface area contributed by atoms with Crippen LogP contribution in [0.3, 0.4) is 0 Å². The van der Waals surface area contributed by atoms with E-state index >= 15 is 0 Å². The number of carbonyl (C=O) groups is 1. The van der Waals surface area contributed by atoms with Gasteiger partial charge in [-0.3, -0.25) is 4.79 Å². The van der Waals surface area contributed by atoms with Crippen molar-refractivity contribution >= 4 is 28.0 Å². The first-order chi connectivity index (χ1) is 14.7. The minimum absolute atomic E-state index is 0.0578. The number of rotatable bonds is 4. The lowest BCUT2D eigenvalue weighted by Gasteiger charge is -2.37. The van der Waals surface area contributed by atoms with E-state index in [-0.39, 0.29) is 11.0 Å². The molecule has 1 aliphatic carbocycles. The zero-order valence-corrected chi connectivity index (χ0v) is 17.3. The third-order valence-corrected chi connectivity index (χ3v) is 7.17. The van der Waals surface area contributed by atoms with Gasteiger partial charge >= 0.3 is 0 Å². The Kier molecular flexibility index (Phi) is 4.91. The molecule has 2 heterocycles. The van der Waals surface area contributed by atoms with Crippen molar-refractivity contribution < 1.29 is 9.18 Å². The highest BCUT2D eigenvalue weighted by atomic mass is 32.1. The summed E-state index contributed by atoms with van der Waals surface area (Å²) in [5.74, 6) is -0.527. The number of aldehydes is 1. The topological polar surface area (TPSA) is 42.9 Å². The second kappa shape index (κ2) is 7.73. The summed E-state index contributed by atoms with van der Waals surface area (Å²) in [5, 5.41) is 0.711. The standard InChI is InChI=1S/C25H21FN2OS/c26-20-15-17(9-10-18(20)16-29)23-27-21-11-12-22(28-24(21)30-23)25(13-5-2-6-14-25)19-7-3-1-4-8-19/h1,3-4,7-12,15-16H,2,5-6,13-14H2. The highest BCUT2D eigenvalue weighted by molar-refractivity contribution is 7.21. The molecule has 5 heteroatoms. The van der Waals surface area contributed by atoms with Crippen molar-refractivity contribution in [3.05, 3.63) is 83.3 Å². The summed E-state index contributed by atoms with van der Waals surface area (Å²) in [7, 11) is 0. The summed E-state index contributed by atoms with van der Waals surface area (Å²) in [4.78, 5) is 21.5. The molecule has 0 saturated heterocycles. The number of hydrogen-bond acceptors (Lipinski definition) is 4. The molecule has 0 aliphatic heterocycles. The normalized spacial score (nSPS) is 15.9. The number of carbonyl (C=O) groups excluding carboxylic acids is 1. The van der Waals surface area contributed by atoms with Crippen LogP contribution in [0.4, 0.5) is 4.39 Å². The first-order valence-electron chi connectivity index (χ1n) is 10.3. The highest BCUT2D eigenvalue weighted by Gasteiger charge is 2.37. The Morgan fingerprint density at radius 3 is 2.47 bits per heavy atom. The number of pyridine rings is 1. The van der Waals surface area contributed by atoms with E-state index in [4.69, 9.17) is 4.98 Å². The van der Waals surface area contributed by atoms with Crippen molar-refractivity contribution in [1.29, 1.82) is 0 Å². The third kappa shape index (κ3) is 3.23. The molecule has 5 rings (SSSR count). The molecule has 0 spiro atoms. The lowest BCUT2D eigenvalue weighted by molar-refractivity contribution is 0.112. The number of thiazole rings is 1. The SMILES string of the molecule is O=Cc1ccc(-c2nc3ccc(C4(c5ccccc5)CCCCC4)nc3s2)cc1F. The van der Waals surface area contributed by atoms with Crippen molar-refractivity contribution in [1.82, 2.24) is 9.97 Å². The van der Waals surface area contributed by atoms with Crippen molar-refractivity contribution in [2.45, 2.75) is 37.5 Å². The zero-order valence-electron chi connectivity index (χ0n) is 16.5. The molecular weight excluding hydrogens is 395 g/mol. The Morgan fingerprint density at radius 1 is 0.933 bits per heavy atom. The molecule has 0 amide bonds. The van der Waals surface area contributed by atoms with E-state index in [1.807, 2.05) is 6.07 Å². The Bertz CT molecular complexity index is 1210. The van der Waals surface area contributed by atoms with E-state index in [0.29, 0.717) is 16.9 Å². The number of nitrogens with zero attached hydrogens (tertiary/aromatic N) is 2. The van der Waals surface area contributed by atoms with Crippen LogP contribution in [0.5, 0.6) is 0 Å². The van der Waals surface area contributed by atoms with E-state index in [2.05, 4.69) is 41.4 Å². The van der Waals surface area contributed by atoms with Crippen LogP contribution in [0.2, 0.25) is 0 Å². The summed E-state index contributed by atoms with van der Waals surface area (Å²) < 4.78 is 14.1. The molecule has 30 heavy (non-hydrogen) atoms. The van der Waals surface area contributed by atoms with Gasteiger partial charge in [0, 0.05) is 11.0 Å². The largest absolute Gasteiger partial charge is 0.298 e. The average Bonchev–Trinajstić information content (AvgIpc) is 3.23. The van der Waals surface area contributed by atoms with Crippen LogP contribution >= 0.6 is 11.3 Å². The van der Waals surface area contributed by atoms with Crippen LogP contribution < -0.4 is 0 Å². The number of fused-ring (bicyclic) bond motifs is 1. The van der Waals surface area contributed by atoms with E-state index in [9.17, 15) is 9.18 Å². The minimum Gasteiger partial charge on any atom is -0.298 e. The van der Waals surface area contributed by atoms with Gasteiger partial charge in [-0.2, -0.15) is 0 Å². The molecule has 4 aromatic rings. The zero-order chi connectivity index (χ0) is 20.6. The molecule has 0 unspecified atom stereocenters. The van der Waals surface area contributed by atoms with E-state index in [1.165, 1.54) is 48.3 Å². The molecule has 2 aromatic carbocycles. The molecule has 1 fully saturated rings. The number of halogens is 1. The lowest BCUT2D eigenvalue weighted by atomic mass is 9.67. The molecule has 0 atom stereocenters. The van der Waals surface area contributed by atoms with Gasteiger partial charge in [0.15, 0.2) is 6.29 Å². The van der Waals surface area contributed by atoms with Crippen molar-refractivity contribution in [2.24, 2.45) is 0 Å². The quantitative estimate of drug-likeness (QED) is 0.354. The van der Waals surface area contributed by atoms with Crippen molar-refractivity contribution in [3.63, 3.8) is 0 Å². The van der Waals surface area contributed by atoms with Gasteiger partial charge in [0.2, 0.25) is 0 Å². The van der Waals surface area contributed by atoms with Gasteiger partial charge in [0.05, 0.1) is 11.3 Å². The van der Waals surface area contributed by atoms with Gasteiger partial charge in [0.1, 0.15) is 21.2 Å². The van der Waals surface area contributed by atoms with E-state index < -0.39 is 5.82 Å². The number of aromatic nitrogens is 2. The van der Waals surface area contributed by atoms with Gasteiger partial charge in [-0.25, -0.2) is 14.4 Å². The van der Waals surface area contributed by atoms with Gasteiger partial charge in [-0.15, -0.1) is 0 Å². The second-order valence-corrected chi connectivity index (χ2v) is 8.88. The Morgan fingerprint density at radius 2 is 1.73 bits per heavy atom. The monoisotopic (exact) mass is 416 g/mol. The Hall–Kier alpha value is -2.92. The van der Waals surface area contributed by atoms with E-state index in [0.717, 1.165) is 28.9 Å². The van der Waals surface area contributed by atoms with Gasteiger partial charge in [0.25, 0.3) is 0 Å². The maximum atomic E-state index is 14.1. The van der Waals surface area contributed by atoms with E-state index in [1.54, 1.807) is 6.07 Å². The first-order valence-corrected chi connectivity index (χ1v) is 11.1. The van der Waals surface area contributed by atoms with Gasteiger partial charge < -0.3 is 0 Å². The molecule has 0 bridgehead atoms. The predicted octanol–water partition coefficient (Wildman–Crippen LogP) is 6.56. The molecule has 150 valence electrons. The van der Waals surface area contributed by atoms with Crippen LogP contribution in [-0.2, 0) is 5.41 Å². The number of hydrogen-bond donors (Lipinski definition) is 0. The van der Waals surface area contributed by atoms with Crippen LogP contribution in [0, 0.1) is 5.82 Å². The molecule has 1 aliphatic rings. The number of benzene rings is 2. The summed E-state index contributed by atoms with van der Waals surface area (Å²) in [6.07, 6.45) is 6.39. The molecule has 0 N–H and O–H groups in total. The van der Waals surface area contributed by atoms with Gasteiger partial charge in [-0.05, 0) is 42.7 Å². The molecule has 2 aromatic heterocycles. The summed E-state index contributed by atoms with van der Waals surface area (Å²) >= 11 is 1.47. The molecule has 3 nitrogen and oxygen atoms in total. The van der Waals surface area contributed by atoms with Gasteiger partial charge in [-0.1, -0.05) is 67.0 Å². The maximum Gasteiger partial charge on any atom is 0.152 e. The van der Waals surface area contributed by atoms with Crippen LogP contribution in [-0.4, -0.2) is 16.3 Å². The molecule has 0 radical (unpaired) electrons. The molecular formula is C25H21FN2OS. The Labute approximate surface area is 178 Å². The smallest absolute Gasteiger partial charge is 0.152 e. The predicted molar refractivity (Wildman–Crippen MR) is 119 cm³/mol. The van der Waals surface area contributed by atoms with Crippen molar-refractivity contribution in [3.8, 4) is 10.6 Å². The highest BCUT2D eigenvalue weighted by Crippen LogP contribution is 2.45. The fraction of sp³-hybridized carbons (Fsp3) is 0.240. The summed E-state index contributed by atoms with van der Waals surface area (Å²) in [5.41, 5.74) is 3.90. The maximum absolute atomic E-state index is 14.1. The summed E-state index contributed by atoms with van der Waals surface area (Å²) in [6, 6.07) is 19.4. The lowest BCUT2D eigenvalue weighted by Crippen LogP contribution is -2.31. The summed E-state index contributed by atoms with van der Waals surface area (Å²) in [6.45, 7) is 0. The minimum atomic E-state index is -0.527. The Balaban J connectivity index is 1.59. The molecule has 1 saturated carbocycles. The van der Waals surface area contributed by atoms with Crippen LogP contribution in [0.1, 0.15) is 53.7 Å². The van der Waals surface area contributed by atoms with Crippen LogP contribution in [0.25, 0.3) is 20.9 Å². The first kappa shape index (κ1) is 19.1. The van der Waals surface area contributed by atoms with Crippen molar-refractivity contribution in [2.75, 3.05) is 0 Å². The fourth-order valence-corrected chi connectivity index (χ4v) is 5.50.